The van der Waals surface area contributed by atoms with Gasteiger partial charge in [0.1, 0.15) is 5.75 Å². The molecule has 0 amide bonds. The van der Waals surface area contributed by atoms with E-state index in [1.165, 1.54) is 12.0 Å². The first kappa shape index (κ1) is 10.8. The van der Waals surface area contributed by atoms with Gasteiger partial charge in [-0.15, -0.1) is 11.6 Å². The highest BCUT2D eigenvalue weighted by Crippen LogP contribution is 2.43. The fourth-order valence-electron chi connectivity index (χ4n) is 2.03. The van der Waals surface area contributed by atoms with Gasteiger partial charge < -0.3 is 4.74 Å². The molecule has 1 aromatic rings. The molecular formula is C13H17ClO. The summed E-state index contributed by atoms with van der Waals surface area (Å²) in [6.45, 7) is 2.27. The zero-order chi connectivity index (χ0) is 10.8. The Labute approximate surface area is 96.4 Å². The maximum Gasteiger partial charge on any atom is 0.119 e. The molecule has 0 spiro atoms. The third-order valence-corrected chi connectivity index (χ3v) is 3.68. The summed E-state index contributed by atoms with van der Waals surface area (Å²) < 4.78 is 5.19. The second kappa shape index (κ2) is 4.44. The summed E-state index contributed by atoms with van der Waals surface area (Å²) in [6.07, 6.45) is 2.24. The van der Waals surface area contributed by atoms with E-state index in [1.54, 1.807) is 7.11 Å². The minimum Gasteiger partial charge on any atom is -0.497 e. The Morgan fingerprint density at radius 3 is 2.87 bits per heavy atom. The third-order valence-electron chi connectivity index (χ3n) is 3.20. The Balaban J connectivity index is 1.97. The number of hydrogen-bond donors (Lipinski definition) is 0. The van der Waals surface area contributed by atoms with E-state index in [9.17, 15) is 0 Å². The second-order valence-corrected chi connectivity index (χ2v) is 5.01. The van der Waals surface area contributed by atoms with E-state index in [1.807, 2.05) is 12.1 Å². The molecule has 15 heavy (non-hydrogen) atoms. The molecule has 2 heteroatoms. The number of benzene rings is 1. The highest BCUT2D eigenvalue weighted by molar-refractivity contribution is 6.21. The summed E-state index contributed by atoms with van der Waals surface area (Å²) in [5.74, 6) is 2.45. The van der Waals surface area contributed by atoms with Crippen LogP contribution in [0.1, 0.15) is 18.9 Å². The molecule has 1 aliphatic rings. The van der Waals surface area contributed by atoms with E-state index in [0.717, 1.165) is 24.0 Å². The predicted octanol–water partition coefficient (Wildman–Crippen LogP) is 3.50. The molecule has 0 radical (unpaired) electrons. The average Bonchev–Trinajstić information content (AvgIpc) is 2.96. The summed E-state index contributed by atoms with van der Waals surface area (Å²) >= 11 is 6.36. The van der Waals surface area contributed by atoms with E-state index in [-0.39, 0.29) is 5.38 Å². The summed E-state index contributed by atoms with van der Waals surface area (Å²) in [5, 5.41) is 0.284. The predicted molar refractivity (Wildman–Crippen MR) is 63.6 cm³/mol. The summed E-state index contributed by atoms with van der Waals surface area (Å²) in [5.41, 5.74) is 1.27. The normalized spacial score (nSPS) is 26.1. The van der Waals surface area contributed by atoms with Gasteiger partial charge in [0.2, 0.25) is 0 Å². The van der Waals surface area contributed by atoms with Gasteiger partial charge in [0.05, 0.1) is 7.11 Å². The van der Waals surface area contributed by atoms with Gasteiger partial charge in [0.15, 0.2) is 0 Å². The van der Waals surface area contributed by atoms with Crippen LogP contribution in [-0.4, -0.2) is 12.5 Å². The first-order chi connectivity index (χ1) is 7.20. The average molecular weight is 225 g/mol. The lowest BCUT2D eigenvalue weighted by atomic mass is 10.1. The Morgan fingerprint density at radius 1 is 1.53 bits per heavy atom. The Bertz CT molecular complexity index is 337. The first-order valence-corrected chi connectivity index (χ1v) is 5.91. The van der Waals surface area contributed by atoms with Crippen LogP contribution in [-0.2, 0) is 6.42 Å². The van der Waals surface area contributed by atoms with Gasteiger partial charge >= 0.3 is 0 Å². The minimum atomic E-state index is 0.284. The lowest BCUT2D eigenvalue weighted by Crippen LogP contribution is -2.07. The quantitative estimate of drug-likeness (QED) is 0.712. The molecule has 1 aromatic carbocycles. The molecule has 0 saturated heterocycles. The Kier molecular flexibility index (Phi) is 3.20. The second-order valence-electron chi connectivity index (χ2n) is 4.45. The van der Waals surface area contributed by atoms with Crippen LogP contribution in [0.2, 0.25) is 0 Å². The van der Waals surface area contributed by atoms with Crippen molar-refractivity contribution in [3.63, 3.8) is 0 Å². The molecule has 1 nitrogen and oxygen atoms in total. The van der Waals surface area contributed by atoms with Crippen LogP contribution >= 0.6 is 11.6 Å². The van der Waals surface area contributed by atoms with Crippen molar-refractivity contribution in [2.45, 2.75) is 25.1 Å². The molecule has 3 unspecified atom stereocenters. The highest BCUT2D eigenvalue weighted by atomic mass is 35.5. The van der Waals surface area contributed by atoms with Crippen LogP contribution in [0.3, 0.4) is 0 Å². The number of hydrogen-bond acceptors (Lipinski definition) is 1. The van der Waals surface area contributed by atoms with E-state index in [2.05, 4.69) is 19.1 Å². The van der Waals surface area contributed by atoms with Crippen molar-refractivity contribution in [3.8, 4) is 5.75 Å². The van der Waals surface area contributed by atoms with Gasteiger partial charge in [-0.1, -0.05) is 19.1 Å². The first-order valence-electron chi connectivity index (χ1n) is 5.47. The molecule has 0 aliphatic heterocycles. The van der Waals surface area contributed by atoms with E-state index < -0.39 is 0 Å². The van der Waals surface area contributed by atoms with Gasteiger partial charge in [0.25, 0.3) is 0 Å². The van der Waals surface area contributed by atoms with Crippen molar-refractivity contribution < 1.29 is 4.74 Å². The van der Waals surface area contributed by atoms with Crippen molar-refractivity contribution in [1.29, 1.82) is 0 Å². The Morgan fingerprint density at radius 2 is 2.27 bits per heavy atom. The molecule has 82 valence electrons. The lowest BCUT2D eigenvalue weighted by Gasteiger charge is -2.09. The smallest absolute Gasteiger partial charge is 0.119 e. The Hall–Kier alpha value is -0.690. The molecule has 0 N–H and O–H groups in total. The van der Waals surface area contributed by atoms with Crippen molar-refractivity contribution in [2.75, 3.05) is 7.11 Å². The number of ether oxygens (including phenoxy) is 1. The summed E-state index contributed by atoms with van der Waals surface area (Å²) in [7, 11) is 1.69. The van der Waals surface area contributed by atoms with Gasteiger partial charge in [0, 0.05) is 5.38 Å². The van der Waals surface area contributed by atoms with Gasteiger partial charge in [-0.05, 0) is 42.4 Å². The summed E-state index contributed by atoms with van der Waals surface area (Å²) in [6, 6.07) is 8.17. The van der Waals surface area contributed by atoms with Crippen LogP contribution in [0.25, 0.3) is 0 Å². The van der Waals surface area contributed by atoms with Crippen LogP contribution in [0, 0.1) is 11.8 Å². The molecule has 1 fully saturated rings. The number of halogens is 1. The van der Waals surface area contributed by atoms with Crippen molar-refractivity contribution >= 4 is 11.6 Å². The molecular weight excluding hydrogens is 208 g/mol. The molecule has 1 saturated carbocycles. The third kappa shape index (κ3) is 2.66. The standard InChI is InChI=1S/C13H17ClO/c1-9-6-12(9)13(14)8-10-4-3-5-11(7-10)15-2/h3-5,7,9,12-13H,6,8H2,1-2H3. The van der Waals surface area contributed by atoms with Crippen LogP contribution < -0.4 is 4.74 Å². The van der Waals surface area contributed by atoms with E-state index in [4.69, 9.17) is 16.3 Å². The minimum absolute atomic E-state index is 0.284. The zero-order valence-electron chi connectivity index (χ0n) is 9.24. The van der Waals surface area contributed by atoms with Crippen molar-refractivity contribution in [1.82, 2.24) is 0 Å². The highest BCUT2D eigenvalue weighted by Gasteiger charge is 2.38. The fraction of sp³-hybridized carbons (Fsp3) is 0.538. The fourth-order valence-corrected chi connectivity index (χ4v) is 2.56. The van der Waals surface area contributed by atoms with Crippen molar-refractivity contribution in [3.05, 3.63) is 29.8 Å². The maximum absolute atomic E-state index is 6.36. The molecule has 0 heterocycles. The summed E-state index contributed by atoms with van der Waals surface area (Å²) in [4.78, 5) is 0. The molecule has 0 aromatic heterocycles. The van der Waals surface area contributed by atoms with Crippen LogP contribution in [0.4, 0.5) is 0 Å². The van der Waals surface area contributed by atoms with Crippen molar-refractivity contribution in [2.24, 2.45) is 11.8 Å². The van der Waals surface area contributed by atoms with Crippen LogP contribution in [0.5, 0.6) is 5.75 Å². The molecule has 0 bridgehead atoms. The van der Waals surface area contributed by atoms with Gasteiger partial charge in [-0.2, -0.15) is 0 Å². The van der Waals surface area contributed by atoms with E-state index >= 15 is 0 Å². The van der Waals surface area contributed by atoms with Gasteiger partial charge in [-0.25, -0.2) is 0 Å². The molecule has 2 rings (SSSR count). The zero-order valence-corrected chi connectivity index (χ0v) is 10.00. The lowest BCUT2D eigenvalue weighted by molar-refractivity contribution is 0.414. The van der Waals surface area contributed by atoms with E-state index in [0.29, 0.717) is 0 Å². The topological polar surface area (TPSA) is 9.23 Å². The maximum atomic E-state index is 6.36. The van der Waals surface area contributed by atoms with Gasteiger partial charge in [-0.3, -0.25) is 0 Å². The number of rotatable bonds is 4. The molecule has 1 aliphatic carbocycles. The SMILES string of the molecule is COc1cccc(CC(Cl)C2CC2C)c1. The monoisotopic (exact) mass is 224 g/mol. The number of alkyl halides is 1. The number of methoxy groups -OCH3 is 1. The largest absolute Gasteiger partial charge is 0.497 e. The molecule has 3 atom stereocenters. The van der Waals surface area contributed by atoms with Crippen LogP contribution in [0.15, 0.2) is 24.3 Å².